The van der Waals surface area contributed by atoms with Crippen molar-refractivity contribution in [1.82, 2.24) is 10.7 Å². The maximum absolute atomic E-state index is 14.5. The van der Waals surface area contributed by atoms with Gasteiger partial charge in [0, 0.05) is 11.7 Å². The number of hydrazine groups is 1. The molecule has 0 aromatic heterocycles. The predicted molar refractivity (Wildman–Crippen MR) is 112 cm³/mol. The van der Waals surface area contributed by atoms with Gasteiger partial charge in [0.05, 0.1) is 5.69 Å². The topological polar surface area (TPSA) is 44.4 Å². The van der Waals surface area contributed by atoms with Crippen LogP contribution < -0.4 is 15.8 Å². The lowest BCUT2D eigenvalue weighted by Gasteiger charge is -2.43. The van der Waals surface area contributed by atoms with Crippen LogP contribution in [-0.4, -0.2) is 18.0 Å². The maximum Gasteiger partial charge on any atom is 0.243 e. The third kappa shape index (κ3) is 2.84. The summed E-state index contributed by atoms with van der Waals surface area (Å²) in [5.74, 6) is 0.471. The van der Waals surface area contributed by atoms with Gasteiger partial charge in [0.1, 0.15) is 11.9 Å². The Morgan fingerprint density at radius 3 is 2.69 bits per heavy atom. The van der Waals surface area contributed by atoms with Crippen LogP contribution in [0.1, 0.15) is 65.7 Å². The molecule has 4 unspecified atom stereocenters. The van der Waals surface area contributed by atoms with Gasteiger partial charge in [0.15, 0.2) is 0 Å². The molecule has 4 atom stereocenters. The molecule has 0 spiro atoms. The van der Waals surface area contributed by atoms with Gasteiger partial charge in [0.25, 0.3) is 0 Å². The number of nitrogens with one attached hydrogen (secondary N) is 2. The number of fused-ring (bicyclic) bond motifs is 2. The molecule has 156 valence electrons. The third-order valence-corrected chi connectivity index (χ3v) is 8.27. The van der Waals surface area contributed by atoms with Gasteiger partial charge in [-0.1, -0.05) is 32.9 Å². The Morgan fingerprint density at radius 1 is 1.21 bits per heavy atom. The van der Waals surface area contributed by atoms with Crippen molar-refractivity contribution in [3.8, 4) is 0 Å². The monoisotopic (exact) mass is 397 g/mol. The van der Waals surface area contributed by atoms with Crippen molar-refractivity contribution in [2.45, 2.75) is 77.8 Å². The molecule has 4 aliphatic rings. The molecule has 1 aromatic carbocycles. The number of amides is 1. The first-order valence-corrected chi connectivity index (χ1v) is 11.1. The van der Waals surface area contributed by atoms with Gasteiger partial charge in [-0.2, -0.15) is 0 Å². The molecule has 0 saturated heterocycles. The predicted octanol–water partition coefficient (Wildman–Crippen LogP) is 4.68. The van der Waals surface area contributed by atoms with Crippen molar-refractivity contribution in [2.75, 3.05) is 5.01 Å². The van der Waals surface area contributed by atoms with E-state index in [4.69, 9.17) is 0 Å². The van der Waals surface area contributed by atoms with Crippen LogP contribution in [0.2, 0.25) is 0 Å². The SMILES string of the molecule is CC12CCC(C1)C(C)(C)C2NC(=O)C1NN(c2ccccc2F)C2=C1CCCC2. The Bertz CT molecular complexity index is 874. The Morgan fingerprint density at radius 2 is 1.97 bits per heavy atom. The van der Waals surface area contributed by atoms with E-state index in [1.54, 1.807) is 12.1 Å². The molecule has 5 heteroatoms. The molecule has 1 amide bonds. The minimum Gasteiger partial charge on any atom is -0.351 e. The summed E-state index contributed by atoms with van der Waals surface area (Å²) in [4.78, 5) is 13.5. The van der Waals surface area contributed by atoms with Crippen LogP contribution in [0.15, 0.2) is 35.5 Å². The van der Waals surface area contributed by atoms with Crippen LogP contribution in [0.25, 0.3) is 0 Å². The molecule has 1 aromatic rings. The smallest absolute Gasteiger partial charge is 0.243 e. The van der Waals surface area contributed by atoms with E-state index < -0.39 is 6.04 Å². The van der Waals surface area contributed by atoms with E-state index in [0.29, 0.717) is 11.6 Å². The molecule has 2 N–H and O–H groups in total. The van der Waals surface area contributed by atoms with E-state index in [1.807, 2.05) is 11.1 Å². The number of hydrogen-bond donors (Lipinski definition) is 2. The second-order valence-corrected chi connectivity index (χ2v) is 10.4. The zero-order chi connectivity index (χ0) is 20.4. The molecule has 5 rings (SSSR count). The molecule has 2 bridgehead atoms. The lowest BCUT2D eigenvalue weighted by atomic mass is 9.68. The lowest BCUT2D eigenvalue weighted by Crippen LogP contribution is -2.57. The first kappa shape index (κ1) is 19.1. The highest BCUT2D eigenvalue weighted by Gasteiger charge is 2.60. The normalized spacial score (nSPS) is 35.2. The first-order valence-electron chi connectivity index (χ1n) is 11.1. The molecule has 0 radical (unpaired) electrons. The Kier molecular flexibility index (Phi) is 4.32. The Hall–Kier alpha value is -1.88. The summed E-state index contributed by atoms with van der Waals surface area (Å²) in [7, 11) is 0. The second-order valence-electron chi connectivity index (χ2n) is 10.4. The molecule has 4 nitrogen and oxygen atoms in total. The van der Waals surface area contributed by atoms with Crippen molar-refractivity contribution < 1.29 is 9.18 Å². The highest BCUT2D eigenvalue weighted by Crippen LogP contribution is 2.62. The van der Waals surface area contributed by atoms with E-state index in [-0.39, 0.29) is 28.6 Å². The number of nitrogens with zero attached hydrogens (tertiary/aromatic N) is 1. The van der Waals surface area contributed by atoms with Gasteiger partial charge < -0.3 is 5.32 Å². The molecule has 29 heavy (non-hydrogen) atoms. The summed E-state index contributed by atoms with van der Waals surface area (Å²) in [6.45, 7) is 6.96. The summed E-state index contributed by atoms with van der Waals surface area (Å²) in [5, 5.41) is 5.28. The number of rotatable bonds is 3. The van der Waals surface area contributed by atoms with Crippen LogP contribution in [0.3, 0.4) is 0 Å². The van der Waals surface area contributed by atoms with Crippen molar-refractivity contribution in [1.29, 1.82) is 0 Å². The summed E-state index contributed by atoms with van der Waals surface area (Å²) >= 11 is 0. The highest BCUT2D eigenvalue weighted by molar-refractivity contribution is 5.87. The van der Waals surface area contributed by atoms with Gasteiger partial charge in [0.2, 0.25) is 5.91 Å². The fourth-order valence-corrected chi connectivity index (χ4v) is 6.72. The van der Waals surface area contributed by atoms with Crippen LogP contribution in [0, 0.1) is 22.6 Å². The van der Waals surface area contributed by atoms with Crippen LogP contribution in [0.5, 0.6) is 0 Å². The fraction of sp³-hybridized carbons (Fsp3) is 0.625. The quantitative estimate of drug-likeness (QED) is 0.778. The van der Waals surface area contributed by atoms with Crippen molar-refractivity contribution in [2.24, 2.45) is 16.7 Å². The zero-order valence-corrected chi connectivity index (χ0v) is 17.7. The van der Waals surface area contributed by atoms with E-state index in [0.717, 1.165) is 37.0 Å². The minimum absolute atomic E-state index is 0.0464. The fourth-order valence-electron chi connectivity index (χ4n) is 6.72. The van der Waals surface area contributed by atoms with Crippen LogP contribution >= 0.6 is 0 Å². The maximum atomic E-state index is 14.5. The van der Waals surface area contributed by atoms with E-state index in [9.17, 15) is 9.18 Å². The summed E-state index contributed by atoms with van der Waals surface area (Å²) in [6.07, 6.45) is 7.62. The van der Waals surface area contributed by atoms with Crippen LogP contribution in [-0.2, 0) is 4.79 Å². The summed E-state index contributed by atoms with van der Waals surface area (Å²) in [5.41, 5.74) is 6.40. The third-order valence-electron chi connectivity index (χ3n) is 8.27. The highest BCUT2D eigenvalue weighted by atomic mass is 19.1. The second kappa shape index (κ2) is 6.56. The molecular formula is C24H32FN3O. The molecule has 1 heterocycles. The Labute approximate surface area is 172 Å². The van der Waals surface area contributed by atoms with Gasteiger partial charge in [-0.15, -0.1) is 0 Å². The standard InChI is InChI=1S/C24H32FN3O/c1-23(2)15-12-13-24(3,14-15)22(23)26-21(29)20-16-8-4-6-10-18(16)28(27-20)19-11-7-5-9-17(19)25/h5,7,9,11,15,20,22,27H,4,6,8,10,12-14H2,1-3H3,(H,26,29). The van der Waals surface area contributed by atoms with Gasteiger partial charge in [-0.3, -0.25) is 9.80 Å². The summed E-state index contributed by atoms with van der Waals surface area (Å²) in [6, 6.07) is 6.60. The average Bonchev–Trinajstić information content (AvgIpc) is 3.33. The van der Waals surface area contributed by atoms with Crippen molar-refractivity contribution >= 4 is 11.6 Å². The number of anilines is 1. The number of para-hydroxylation sites is 1. The molecule has 1 aliphatic heterocycles. The Balaban J connectivity index is 1.42. The largest absolute Gasteiger partial charge is 0.351 e. The molecule has 2 saturated carbocycles. The lowest BCUT2D eigenvalue weighted by molar-refractivity contribution is -0.125. The summed E-state index contributed by atoms with van der Waals surface area (Å²) < 4.78 is 14.5. The number of allylic oxidation sites excluding steroid dienone is 1. The first-order chi connectivity index (χ1) is 13.8. The van der Waals surface area contributed by atoms with Gasteiger partial charge >= 0.3 is 0 Å². The number of carbonyl (C=O) groups is 1. The number of halogens is 1. The molecular weight excluding hydrogens is 365 g/mol. The number of benzene rings is 1. The van der Waals surface area contributed by atoms with E-state index >= 15 is 0 Å². The average molecular weight is 398 g/mol. The minimum atomic E-state index is -0.400. The number of hydrogen-bond acceptors (Lipinski definition) is 3. The van der Waals surface area contributed by atoms with Gasteiger partial charge in [-0.25, -0.2) is 9.82 Å². The van der Waals surface area contributed by atoms with Crippen molar-refractivity contribution in [3.05, 3.63) is 41.4 Å². The molecule has 3 aliphatic carbocycles. The van der Waals surface area contributed by atoms with E-state index in [1.165, 1.54) is 25.3 Å². The number of carbonyl (C=O) groups excluding carboxylic acids is 1. The van der Waals surface area contributed by atoms with E-state index in [2.05, 4.69) is 31.5 Å². The zero-order valence-electron chi connectivity index (χ0n) is 17.7. The van der Waals surface area contributed by atoms with Crippen LogP contribution in [0.4, 0.5) is 10.1 Å². The molecule has 2 fully saturated rings. The van der Waals surface area contributed by atoms with Crippen molar-refractivity contribution in [3.63, 3.8) is 0 Å². The van der Waals surface area contributed by atoms with Gasteiger partial charge in [-0.05, 0) is 79.4 Å².